The van der Waals surface area contributed by atoms with Gasteiger partial charge in [0.05, 0.1) is 11.3 Å². The van der Waals surface area contributed by atoms with E-state index in [0.29, 0.717) is 0 Å². The number of aliphatic hydroxyl groups excluding tert-OH is 1. The molecule has 1 radical (unpaired) electrons. The van der Waals surface area contributed by atoms with Crippen LogP contribution in [0.2, 0.25) is 0 Å². The standard InChI is InChI=1S/C35H19N2O.C5H8O2.Ir/c1-2-8-21(9-3-1)23-19-26-25-18-22(28-11-6-7-17-36-28)13-14-29(25)37-30-15-16-32-34(33(30)27(20-23)35(26)37)24-10-4-5-12-31(24)38-32;1-4(6)3-5(2)7;/h1-12,14-20H;3,6H,1-2H3;/q-1;;/b;4-3-;. The molecular weight excluding hydrogens is 749 g/mol. The van der Waals surface area contributed by atoms with Crippen LogP contribution in [-0.4, -0.2) is 20.3 Å². The van der Waals surface area contributed by atoms with E-state index in [4.69, 9.17) is 9.52 Å². The summed E-state index contributed by atoms with van der Waals surface area (Å²) in [5, 5.41) is 15.6. The smallest absolute Gasteiger partial charge is 0.155 e. The average molecular weight is 776 g/mol. The second-order valence-electron chi connectivity index (χ2n) is 11.3. The fourth-order valence-corrected chi connectivity index (χ4v) is 6.55. The van der Waals surface area contributed by atoms with E-state index in [0.717, 1.165) is 33.3 Å². The maximum absolute atomic E-state index is 10.0. The molecule has 9 rings (SSSR count). The molecule has 1 N–H and O–H groups in total. The third-order valence-electron chi connectivity index (χ3n) is 8.29. The summed E-state index contributed by atoms with van der Waals surface area (Å²) in [6.45, 7) is 2.85. The first-order valence-electron chi connectivity index (χ1n) is 14.8. The van der Waals surface area contributed by atoms with Gasteiger partial charge < -0.3 is 18.9 Å². The summed E-state index contributed by atoms with van der Waals surface area (Å²) in [6.07, 6.45) is 3.00. The van der Waals surface area contributed by atoms with Gasteiger partial charge in [-0.3, -0.25) is 4.79 Å². The Morgan fingerprint density at radius 1 is 0.761 bits per heavy atom. The topological polar surface area (TPSA) is 67.7 Å². The molecule has 5 aromatic carbocycles. The number of rotatable bonds is 3. The number of carbonyl (C=O) groups is 1. The summed E-state index contributed by atoms with van der Waals surface area (Å²) >= 11 is 0. The Morgan fingerprint density at radius 2 is 1.52 bits per heavy atom. The number of benzene rings is 5. The van der Waals surface area contributed by atoms with Crippen LogP contribution in [0.3, 0.4) is 0 Å². The van der Waals surface area contributed by atoms with Crippen molar-refractivity contribution in [2.45, 2.75) is 13.8 Å². The maximum Gasteiger partial charge on any atom is 0.155 e. The normalized spacial score (nSPS) is 11.8. The number of pyridine rings is 1. The van der Waals surface area contributed by atoms with Crippen LogP contribution in [0.5, 0.6) is 0 Å². The monoisotopic (exact) mass is 776 g/mol. The van der Waals surface area contributed by atoms with E-state index < -0.39 is 0 Å². The van der Waals surface area contributed by atoms with Gasteiger partial charge in [0.2, 0.25) is 0 Å². The molecule has 0 unspecified atom stereocenters. The molecule has 0 aliphatic rings. The van der Waals surface area contributed by atoms with Crippen molar-refractivity contribution in [3.63, 3.8) is 0 Å². The number of carbonyl (C=O) groups excluding carboxylic acids is 1. The van der Waals surface area contributed by atoms with Gasteiger partial charge in [-0.15, -0.1) is 23.8 Å². The number of para-hydroxylation sites is 1. The maximum atomic E-state index is 10.0. The third-order valence-corrected chi connectivity index (χ3v) is 8.29. The van der Waals surface area contributed by atoms with E-state index in [9.17, 15) is 4.79 Å². The first kappa shape index (κ1) is 29.4. The van der Waals surface area contributed by atoms with E-state index in [2.05, 4.69) is 100 Å². The molecule has 225 valence electrons. The van der Waals surface area contributed by atoms with Crippen molar-refractivity contribution in [2.75, 3.05) is 0 Å². The molecule has 0 atom stereocenters. The van der Waals surface area contributed by atoms with Crippen LogP contribution < -0.4 is 0 Å². The number of nitrogens with zero attached hydrogens (tertiary/aromatic N) is 2. The zero-order valence-electron chi connectivity index (χ0n) is 25.0. The average Bonchev–Trinajstić information content (AvgIpc) is 3.71. The molecule has 0 amide bonds. The Bertz CT molecular complexity index is 2580. The van der Waals surface area contributed by atoms with Crippen molar-refractivity contribution < 1.29 is 34.4 Å². The van der Waals surface area contributed by atoms with E-state index in [1.165, 1.54) is 69.0 Å². The predicted octanol–water partition coefficient (Wildman–Crippen LogP) is 10.3. The van der Waals surface area contributed by atoms with Gasteiger partial charge in [0.1, 0.15) is 11.2 Å². The van der Waals surface area contributed by atoms with Crippen LogP contribution >= 0.6 is 0 Å². The molecule has 0 bridgehead atoms. The molecule has 0 spiro atoms. The predicted molar refractivity (Wildman–Crippen MR) is 183 cm³/mol. The van der Waals surface area contributed by atoms with Gasteiger partial charge in [0, 0.05) is 59.4 Å². The molecule has 6 heteroatoms. The Labute approximate surface area is 278 Å². The van der Waals surface area contributed by atoms with E-state index in [1.807, 2.05) is 30.5 Å². The summed E-state index contributed by atoms with van der Waals surface area (Å²) in [5.41, 5.74) is 9.75. The number of hydrogen-bond acceptors (Lipinski definition) is 4. The Hall–Kier alpha value is -5.29. The molecule has 0 fully saturated rings. The molecular formula is C40H27IrN2O3-. The summed E-state index contributed by atoms with van der Waals surface area (Å²) < 4.78 is 8.70. The molecule has 9 aromatic rings. The summed E-state index contributed by atoms with van der Waals surface area (Å²) in [4.78, 5) is 14.6. The summed E-state index contributed by atoms with van der Waals surface area (Å²) in [7, 11) is 0. The van der Waals surface area contributed by atoms with Crippen molar-refractivity contribution in [1.82, 2.24) is 9.38 Å². The van der Waals surface area contributed by atoms with Crippen LogP contribution in [-0.2, 0) is 24.9 Å². The van der Waals surface area contributed by atoms with E-state index in [1.54, 1.807) is 0 Å². The first-order chi connectivity index (χ1) is 22.0. The molecule has 4 heterocycles. The van der Waals surface area contributed by atoms with Gasteiger partial charge in [-0.25, -0.2) is 0 Å². The number of ketones is 1. The van der Waals surface area contributed by atoms with Gasteiger partial charge in [0.15, 0.2) is 5.78 Å². The molecule has 4 aromatic heterocycles. The fourth-order valence-electron chi connectivity index (χ4n) is 6.55. The SMILES string of the molecule is CC(=O)/C=C(/C)O.[Ir].[c-]1cc2c(cc1-c1ccccn1)c1cc(-c3ccccc3)cc3c4c5c(ccc4n2c13)oc1ccccc15. The second kappa shape index (κ2) is 11.6. The van der Waals surface area contributed by atoms with Gasteiger partial charge >= 0.3 is 0 Å². The van der Waals surface area contributed by atoms with Crippen LogP contribution in [0.25, 0.3) is 82.4 Å². The van der Waals surface area contributed by atoms with Crippen LogP contribution in [0.1, 0.15) is 13.8 Å². The van der Waals surface area contributed by atoms with Gasteiger partial charge in [0.25, 0.3) is 0 Å². The minimum Gasteiger partial charge on any atom is -0.512 e. The van der Waals surface area contributed by atoms with Crippen LogP contribution in [0.4, 0.5) is 0 Å². The van der Waals surface area contributed by atoms with E-state index in [-0.39, 0.29) is 31.6 Å². The summed E-state index contributed by atoms with van der Waals surface area (Å²) in [6, 6.07) is 41.9. The molecule has 0 saturated carbocycles. The number of hydrogen-bond donors (Lipinski definition) is 1. The zero-order valence-corrected chi connectivity index (χ0v) is 27.4. The Kier molecular flexibility index (Phi) is 7.40. The molecule has 5 nitrogen and oxygen atoms in total. The number of allylic oxidation sites excluding steroid dienone is 2. The van der Waals surface area contributed by atoms with E-state index >= 15 is 0 Å². The molecule has 0 aliphatic heterocycles. The Morgan fingerprint density at radius 3 is 2.26 bits per heavy atom. The number of aliphatic hydroxyl groups is 1. The van der Waals surface area contributed by atoms with Gasteiger partial charge in [-0.2, -0.15) is 0 Å². The van der Waals surface area contributed by atoms with Gasteiger partial charge in [-0.05, 0) is 78.0 Å². The summed E-state index contributed by atoms with van der Waals surface area (Å²) in [5.74, 6) is -0.0625. The minimum absolute atomic E-state index is 0. The fraction of sp³-hybridized carbons (Fsp3) is 0.0500. The van der Waals surface area contributed by atoms with Crippen molar-refractivity contribution in [3.8, 4) is 22.4 Å². The number of fused-ring (bicyclic) bond motifs is 10. The second-order valence-corrected chi connectivity index (χ2v) is 11.3. The minimum atomic E-state index is -0.125. The van der Waals surface area contributed by atoms with Crippen molar-refractivity contribution in [1.29, 1.82) is 0 Å². The largest absolute Gasteiger partial charge is 0.512 e. The zero-order chi connectivity index (χ0) is 30.7. The molecule has 0 saturated heterocycles. The number of aromatic nitrogens is 2. The molecule has 0 aliphatic carbocycles. The third kappa shape index (κ3) is 4.74. The van der Waals surface area contributed by atoms with Crippen molar-refractivity contribution in [2.24, 2.45) is 0 Å². The first-order valence-corrected chi connectivity index (χ1v) is 14.8. The van der Waals surface area contributed by atoms with Gasteiger partial charge in [-0.1, -0.05) is 66.0 Å². The Balaban J connectivity index is 0.000000384. The quantitative estimate of drug-likeness (QED) is 0.110. The van der Waals surface area contributed by atoms with Crippen LogP contribution in [0, 0.1) is 6.07 Å². The molecule has 46 heavy (non-hydrogen) atoms. The van der Waals surface area contributed by atoms with Crippen molar-refractivity contribution >= 4 is 65.8 Å². The van der Waals surface area contributed by atoms with Crippen LogP contribution in [0.15, 0.2) is 132 Å². The van der Waals surface area contributed by atoms with Crippen molar-refractivity contribution in [3.05, 3.63) is 133 Å². The number of furan rings is 1.